The van der Waals surface area contributed by atoms with E-state index in [-0.39, 0.29) is 17.3 Å². The molecule has 0 aliphatic carbocycles. The van der Waals surface area contributed by atoms with Crippen molar-refractivity contribution in [1.29, 1.82) is 0 Å². The summed E-state index contributed by atoms with van der Waals surface area (Å²) in [5.41, 5.74) is 0.908. The van der Waals surface area contributed by atoms with Crippen LogP contribution < -0.4 is 5.32 Å². The average Bonchev–Trinajstić information content (AvgIpc) is 2.98. The molecule has 1 fully saturated rings. The van der Waals surface area contributed by atoms with Gasteiger partial charge in [0.05, 0.1) is 0 Å². The summed E-state index contributed by atoms with van der Waals surface area (Å²) in [5, 5.41) is 2.54. The molecule has 0 spiro atoms. The summed E-state index contributed by atoms with van der Waals surface area (Å²) in [7, 11) is 0. The fourth-order valence-corrected chi connectivity index (χ4v) is 2.85. The highest BCUT2D eigenvalue weighted by atomic mass is 19.4. The second kappa shape index (κ2) is 7.34. The highest BCUT2D eigenvalue weighted by Crippen LogP contribution is 2.26. The van der Waals surface area contributed by atoms with Gasteiger partial charge in [0.15, 0.2) is 0 Å². The van der Waals surface area contributed by atoms with Gasteiger partial charge in [0.25, 0.3) is 5.91 Å². The lowest BCUT2D eigenvalue weighted by molar-refractivity contribution is -0.145. The maximum absolute atomic E-state index is 12.8. The van der Waals surface area contributed by atoms with Gasteiger partial charge in [0.1, 0.15) is 5.69 Å². The third-order valence-electron chi connectivity index (χ3n) is 4.07. The first kappa shape index (κ1) is 18.8. The number of aryl methyl sites for hydroxylation is 1. The lowest BCUT2D eigenvalue weighted by atomic mass is 10.2. The zero-order valence-electron chi connectivity index (χ0n) is 14.5. The fraction of sp³-hybridized carbons (Fsp3) is 0.333. The zero-order chi connectivity index (χ0) is 19.6. The lowest BCUT2D eigenvalue weighted by Gasteiger charge is -2.16. The van der Waals surface area contributed by atoms with Crippen LogP contribution in [0.2, 0.25) is 0 Å². The topological polar surface area (TPSA) is 75.2 Å². The van der Waals surface area contributed by atoms with Crippen molar-refractivity contribution in [3.8, 4) is 0 Å². The average molecular weight is 378 g/mol. The third-order valence-corrected chi connectivity index (χ3v) is 4.07. The molecular formula is C18H17F3N4O2. The number of alkyl halides is 3. The molecular weight excluding hydrogens is 361 g/mol. The van der Waals surface area contributed by atoms with Crippen LogP contribution in [0.5, 0.6) is 0 Å². The Kier molecular flexibility index (Phi) is 5.11. The number of aromatic nitrogens is 2. The minimum absolute atomic E-state index is 0.0452. The molecule has 2 heterocycles. The molecule has 2 amide bonds. The molecule has 9 heteroatoms. The number of halogens is 3. The Hall–Kier alpha value is -2.97. The summed E-state index contributed by atoms with van der Waals surface area (Å²) in [6.07, 6.45) is -3.38. The number of carbonyl (C=O) groups excluding carboxylic acids is 2. The van der Waals surface area contributed by atoms with Crippen LogP contribution in [-0.4, -0.2) is 33.2 Å². The predicted octanol–water partition coefficient (Wildman–Crippen LogP) is 3.18. The predicted molar refractivity (Wildman–Crippen MR) is 90.8 cm³/mol. The molecule has 0 saturated carbocycles. The van der Waals surface area contributed by atoms with Gasteiger partial charge in [-0.1, -0.05) is 12.1 Å². The highest BCUT2D eigenvalue weighted by Gasteiger charge is 2.35. The number of nitrogens with one attached hydrogen (secondary N) is 1. The van der Waals surface area contributed by atoms with Crippen molar-refractivity contribution < 1.29 is 22.8 Å². The molecule has 0 bridgehead atoms. The second-order valence-electron chi connectivity index (χ2n) is 6.29. The quantitative estimate of drug-likeness (QED) is 0.887. The molecule has 2 aromatic rings. The highest BCUT2D eigenvalue weighted by molar-refractivity contribution is 6.02. The van der Waals surface area contributed by atoms with Crippen LogP contribution in [0, 0.1) is 6.92 Å². The second-order valence-corrected chi connectivity index (χ2v) is 6.29. The molecule has 0 radical (unpaired) electrons. The van der Waals surface area contributed by atoms with Crippen LogP contribution in [0.25, 0.3) is 0 Å². The number of benzene rings is 1. The maximum Gasteiger partial charge on any atom is 0.451 e. The smallest absolute Gasteiger partial charge is 0.338 e. The third kappa shape index (κ3) is 4.60. The lowest BCUT2D eigenvalue weighted by Crippen LogP contribution is -2.24. The number of likely N-dealkylation sites (tertiary alicyclic amines) is 1. The summed E-state index contributed by atoms with van der Waals surface area (Å²) < 4.78 is 38.5. The van der Waals surface area contributed by atoms with Gasteiger partial charge in [0, 0.05) is 30.9 Å². The zero-order valence-corrected chi connectivity index (χ0v) is 14.5. The Labute approximate surface area is 153 Å². The molecule has 1 aromatic carbocycles. The van der Waals surface area contributed by atoms with E-state index in [1.165, 1.54) is 13.0 Å². The summed E-state index contributed by atoms with van der Waals surface area (Å²) in [6, 6.07) is 8.02. The molecule has 6 nitrogen and oxygen atoms in total. The molecule has 142 valence electrons. The van der Waals surface area contributed by atoms with E-state index in [1.807, 2.05) is 6.07 Å². The number of amides is 2. The molecule has 0 atom stereocenters. The molecule has 1 aromatic heterocycles. The Balaban J connectivity index is 1.75. The molecule has 3 rings (SSSR count). The van der Waals surface area contributed by atoms with Crippen LogP contribution in [0.1, 0.15) is 40.4 Å². The van der Waals surface area contributed by atoms with Gasteiger partial charge in [-0.2, -0.15) is 13.2 Å². The van der Waals surface area contributed by atoms with Gasteiger partial charge in [-0.15, -0.1) is 0 Å². The van der Waals surface area contributed by atoms with Gasteiger partial charge >= 0.3 is 6.18 Å². The largest absolute Gasteiger partial charge is 0.451 e. The van der Waals surface area contributed by atoms with E-state index in [9.17, 15) is 22.8 Å². The first-order valence-corrected chi connectivity index (χ1v) is 8.33. The summed E-state index contributed by atoms with van der Waals surface area (Å²) in [6.45, 7) is 2.48. The first-order chi connectivity index (χ1) is 12.7. The Morgan fingerprint density at radius 3 is 2.70 bits per heavy atom. The summed E-state index contributed by atoms with van der Waals surface area (Å²) >= 11 is 0. The van der Waals surface area contributed by atoms with E-state index >= 15 is 0 Å². The van der Waals surface area contributed by atoms with Gasteiger partial charge in [-0.25, -0.2) is 9.97 Å². The number of rotatable bonds is 4. The van der Waals surface area contributed by atoms with Crippen LogP contribution in [0.15, 0.2) is 30.3 Å². The Morgan fingerprint density at radius 1 is 1.26 bits per heavy atom. The SMILES string of the molecule is Cc1cc(C(=O)Nc2cccc(CN3CCCC3=O)c2)nc(C(F)(F)F)n1. The van der Waals surface area contributed by atoms with E-state index < -0.39 is 17.9 Å². The van der Waals surface area contributed by atoms with Crippen LogP contribution >= 0.6 is 0 Å². The minimum Gasteiger partial charge on any atom is -0.338 e. The van der Waals surface area contributed by atoms with Crippen molar-refractivity contribution in [2.45, 2.75) is 32.5 Å². The molecule has 1 saturated heterocycles. The summed E-state index contributed by atoms with van der Waals surface area (Å²) in [5.74, 6) is -2.03. The van der Waals surface area contributed by atoms with Gasteiger partial charge in [0.2, 0.25) is 11.7 Å². The van der Waals surface area contributed by atoms with Crippen molar-refractivity contribution in [3.05, 3.63) is 53.1 Å². The molecule has 27 heavy (non-hydrogen) atoms. The van der Waals surface area contributed by atoms with Crippen LogP contribution in [0.4, 0.5) is 18.9 Å². The first-order valence-electron chi connectivity index (χ1n) is 8.33. The number of carbonyl (C=O) groups is 2. The molecule has 1 N–H and O–H groups in total. The van der Waals surface area contributed by atoms with Gasteiger partial charge < -0.3 is 10.2 Å². The van der Waals surface area contributed by atoms with Gasteiger partial charge in [-0.05, 0) is 37.1 Å². The van der Waals surface area contributed by atoms with E-state index in [0.717, 1.165) is 12.0 Å². The van der Waals surface area contributed by atoms with Crippen molar-refractivity contribution in [3.63, 3.8) is 0 Å². The maximum atomic E-state index is 12.8. The summed E-state index contributed by atoms with van der Waals surface area (Å²) in [4.78, 5) is 32.4. The van der Waals surface area contributed by atoms with Crippen LogP contribution in [-0.2, 0) is 17.5 Å². The van der Waals surface area contributed by atoms with E-state index in [1.54, 1.807) is 23.1 Å². The Morgan fingerprint density at radius 2 is 2.04 bits per heavy atom. The van der Waals surface area contributed by atoms with Crippen LogP contribution in [0.3, 0.4) is 0 Å². The van der Waals surface area contributed by atoms with E-state index in [0.29, 0.717) is 25.2 Å². The Bertz CT molecular complexity index is 883. The molecule has 0 unspecified atom stereocenters. The number of hydrogen-bond acceptors (Lipinski definition) is 4. The fourth-order valence-electron chi connectivity index (χ4n) is 2.85. The molecule has 1 aliphatic rings. The van der Waals surface area contributed by atoms with Crippen molar-refractivity contribution in [2.24, 2.45) is 0 Å². The minimum atomic E-state index is -4.73. The van der Waals surface area contributed by atoms with Crippen molar-refractivity contribution >= 4 is 17.5 Å². The molecule has 1 aliphatic heterocycles. The number of nitrogens with zero attached hydrogens (tertiary/aromatic N) is 3. The standard InChI is InChI=1S/C18H17F3N4O2/c1-11-8-14(24-17(22-11)18(19,20)21)16(27)23-13-5-2-4-12(9-13)10-25-7-3-6-15(25)26/h2,4-5,8-9H,3,6-7,10H2,1H3,(H,23,27). The van der Waals surface area contributed by atoms with E-state index in [2.05, 4.69) is 15.3 Å². The van der Waals surface area contributed by atoms with Crippen molar-refractivity contribution in [1.82, 2.24) is 14.9 Å². The number of hydrogen-bond donors (Lipinski definition) is 1. The normalized spacial score (nSPS) is 14.5. The number of anilines is 1. The van der Waals surface area contributed by atoms with Gasteiger partial charge in [-0.3, -0.25) is 9.59 Å². The monoisotopic (exact) mass is 378 g/mol. The van der Waals surface area contributed by atoms with E-state index in [4.69, 9.17) is 0 Å². The van der Waals surface area contributed by atoms with Crippen molar-refractivity contribution in [2.75, 3.05) is 11.9 Å².